The van der Waals surface area contributed by atoms with E-state index in [0.29, 0.717) is 28.4 Å². The van der Waals surface area contributed by atoms with Gasteiger partial charge in [0, 0.05) is 23.9 Å². The van der Waals surface area contributed by atoms with E-state index in [-0.39, 0.29) is 23.3 Å². The van der Waals surface area contributed by atoms with E-state index in [9.17, 15) is 19.5 Å². The van der Waals surface area contributed by atoms with E-state index in [1.165, 1.54) is 18.1 Å². The van der Waals surface area contributed by atoms with E-state index in [1.54, 1.807) is 54.6 Å². The number of aryl methyl sites for hydroxylation is 1. The number of hydrogen-bond acceptors (Lipinski definition) is 6. The van der Waals surface area contributed by atoms with Crippen LogP contribution < -0.4 is 15.0 Å². The number of hydrogen-bond donors (Lipinski definition) is 2. The molecule has 1 fully saturated rings. The van der Waals surface area contributed by atoms with Gasteiger partial charge in [-0.2, -0.15) is 0 Å². The average Bonchev–Trinajstić information content (AvgIpc) is 3.42. The highest BCUT2D eigenvalue weighted by molar-refractivity contribution is 6.51. The maximum Gasteiger partial charge on any atom is 0.300 e. The molecule has 8 nitrogen and oxygen atoms in total. The first-order chi connectivity index (χ1) is 16.7. The Bertz CT molecular complexity index is 1310. The van der Waals surface area contributed by atoms with Gasteiger partial charge < -0.3 is 19.6 Å². The number of benzene rings is 2. The molecule has 2 aromatic carbocycles. The topological polar surface area (TPSA) is 109 Å². The van der Waals surface area contributed by atoms with Crippen LogP contribution in [0, 0.1) is 6.92 Å². The molecule has 1 unspecified atom stereocenters. The van der Waals surface area contributed by atoms with Crippen molar-refractivity contribution < 1.29 is 28.6 Å². The second-order valence-electron chi connectivity index (χ2n) is 8.56. The predicted molar refractivity (Wildman–Crippen MR) is 131 cm³/mol. The fourth-order valence-corrected chi connectivity index (χ4v) is 4.06. The van der Waals surface area contributed by atoms with Crippen LogP contribution in [0.3, 0.4) is 0 Å². The first-order valence-corrected chi connectivity index (χ1v) is 11.2. The van der Waals surface area contributed by atoms with Gasteiger partial charge in [0.2, 0.25) is 5.91 Å². The number of ether oxygens (including phenoxy) is 1. The zero-order valence-electron chi connectivity index (χ0n) is 19.9. The normalized spacial score (nSPS) is 17.2. The lowest BCUT2D eigenvalue weighted by Crippen LogP contribution is -2.29. The highest BCUT2D eigenvalue weighted by Crippen LogP contribution is 2.42. The number of anilines is 2. The maximum absolute atomic E-state index is 13.2. The van der Waals surface area contributed by atoms with Gasteiger partial charge in [0.25, 0.3) is 11.7 Å². The van der Waals surface area contributed by atoms with Crippen molar-refractivity contribution in [1.82, 2.24) is 0 Å². The fourth-order valence-electron chi connectivity index (χ4n) is 4.06. The summed E-state index contributed by atoms with van der Waals surface area (Å²) < 4.78 is 11.3. The van der Waals surface area contributed by atoms with Crippen LogP contribution >= 0.6 is 0 Å². The molecule has 180 valence electrons. The highest BCUT2D eigenvalue weighted by atomic mass is 16.5. The third-order valence-corrected chi connectivity index (χ3v) is 5.53. The zero-order valence-corrected chi connectivity index (χ0v) is 19.9. The number of Topliss-reactive ketones (excluding diaryl/α,β-unsaturated/α-hetero) is 1. The summed E-state index contributed by atoms with van der Waals surface area (Å²) in [7, 11) is 0. The molecule has 0 bridgehead atoms. The first-order valence-electron chi connectivity index (χ1n) is 11.2. The summed E-state index contributed by atoms with van der Waals surface area (Å²) in [5, 5.41) is 13.9. The van der Waals surface area contributed by atoms with Crippen molar-refractivity contribution in [2.45, 2.75) is 39.8 Å². The van der Waals surface area contributed by atoms with Gasteiger partial charge >= 0.3 is 0 Å². The summed E-state index contributed by atoms with van der Waals surface area (Å²) in [4.78, 5) is 39.0. The highest BCUT2D eigenvalue weighted by Gasteiger charge is 2.48. The summed E-state index contributed by atoms with van der Waals surface area (Å²) in [6.07, 6.45) is 1.42. The van der Waals surface area contributed by atoms with Gasteiger partial charge in [0.15, 0.2) is 0 Å². The number of carbonyl (C=O) groups is 3. The first kappa shape index (κ1) is 23.8. The Balaban J connectivity index is 1.80. The Morgan fingerprint density at radius 2 is 1.83 bits per heavy atom. The van der Waals surface area contributed by atoms with Crippen LogP contribution in [0.5, 0.6) is 5.75 Å². The van der Waals surface area contributed by atoms with E-state index in [0.717, 1.165) is 5.56 Å². The summed E-state index contributed by atoms with van der Waals surface area (Å²) in [5.74, 6) is -1.16. The van der Waals surface area contributed by atoms with Crippen molar-refractivity contribution in [1.29, 1.82) is 0 Å². The minimum absolute atomic E-state index is 0.0190. The monoisotopic (exact) mass is 474 g/mol. The Hall–Kier alpha value is -4.33. The number of ketones is 1. The van der Waals surface area contributed by atoms with Crippen LogP contribution in [-0.4, -0.2) is 28.8 Å². The summed E-state index contributed by atoms with van der Waals surface area (Å²) in [5.41, 5.74) is 2.05. The van der Waals surface area contributed by atoms with Crippen molar-refractivity contribution in [3.63, 3.8) is 0 Å². The molecule has 2 heterocycles. The van der Waals surface area contributed by atoms with Crippen molar-refractivity contribution in [3.05, 3.63) is 83.3 Å². The fraction of sp³-hybridized carbons (Fsp3) is 0.222. The van der Waals surface area contributed by atoms with Gasteiger partial charge in [-0.15, -0.1) is 0 Å². The van der Waals surface area contributed by atoms with E-state index in [1.807, 2.05) is 20.8 Å². The van der Waals surface area contributed by atoms with Gasteiger partial charge in [-0.25, -0.2) is 0 Å². The number of nitrogens with one attached hydrogen (secondary N) is 1. The summed E-state index contributed by atoms with van der Waals surface area (Å²) in [6, 6.07) is 13.9. The van der Waals surface area contributed by atoms with Gasteiger partial charge in [-0.3, -0.25) is 19.3 Å². The lowest BCUT2D eigenvalue weighted by Gasteiger charge is -2.23. The Labute approximate surface area is 202 Å². The standard InChI is InChI=1S/C27H26N2O6/c1-15(2)35-21-12-7-18(14-16(21)3)25(31)23-24(22-6-5-13-34-22)29(27(33)26(23)32)20-10-8-19(9-11-20)28-17(4)30/h5-15,24,31H,1-4H3,(H,28,30)/b25-23-. The second kappa shape index (κ2) is 9.50. The molecule has 0 radical (unpaired) electrons. The third-order valence-electron chi connectivity index (χ3n) is 5.53. The van der Waals surface area contributed by atoms with Crippen LogP contribution in [0.25, 0.3) is 5.76 Å². The number of carbonyl (C=O) groups excluding carboxylic acids is 3. The molecule has 8 heteroatoms. The number of aliphatic hydroxyl groups is 1. The number of nitrogens with zero attached hydrogens (tertiary/aromatic N) is 1. The van der Waals surface area contributed by atoms with Gasteiger partial charge in [0.1, 0.15) is 23.3 Å². The van der Waals surface area contributed by atoms with Crippen LogP contribution in [0.15, 0.2) is 70.9 Å². The zero-order chi connectivity index (χ0) is 25.3. The molecular formula is C27H26N2O6. The lowest BCUT2D eigenvalue weighted by molar-refractivity contribution is -0.132. The molecule has 2 amide bonds. The van der Waals surface area contributed by atoms with Gasteiger partial charge in [0.05, 0.1) is 17.9 Å². The van der Waals surface area contributed by atoms with Gasteiger partial charge in [-0.1, -0.05) is 0 Å². The maximum atomic E-state index is 13.2. The van der Waals surface area contributed by atoms with Crippen molar-refractivity contribution in [3.8, 4) is 5.75 Å². The third kappa shape index (κ3) is 4.68. The second-order valence-corrected chi connectivity index (χ2v) is 8.56. The molecule has 1 aliphatic rings. The molecule has 0 aliphatic carbocycles. The van der Waals surface area contributed by atoms with Crippen molar-refractivity contribution >= 4 is 34.7 Å². The van der Waals surface area contributed by atoms with E-state index < -0.39 is 17.7 Å². The molecule has 3 aromatic rings. The minimum Gasteiger partial charge on any atom is -0.507 e. The van der Waals surface area contributed by atoms with E-state index in [2.05, 4.69) is 5.32 Å². The van der Waals surface area contributed by atoms with Crippen LogP contribution in [0.2, 0.25) is 0 Å². The van der Waals surface area contributed by atoms with Crippen molar-refractivity contribution in [2.75, 3.05) is 10.2 Å². The molecule has 4 rings (SSSR count). The Kier molecular flexibility index (Phi) is 6.46. The molecule has 0 saturated carbocycles. The van der Waals surface area contributed by atoms with Crippen LogP contribution in [-0.2, 0) is 14.4 Å². The quantitative estimate of drug-likeness (QED) is 0.297. The number of furan rings is 1. The molecule has 35 heavy (non-hydrogen) atoms. The van der Waals surface area contributed by atoms with Crippen LogP contribution in [0.1, 0.15) is 43.7 Å². The largest absolute Gasteiger partial charge is 0.507 e. The SMILES string of the molecule is CC(=O)Nc1ccc(N2C(=O)C(=O)/C(=C(\O)c3ccc(OC(C)C)c(C)c3)C2c2ccco2)cc1. The molecule has 1 aromatic heterocycles. The average molecular weight is 475 g/mol. The molecule has 1 aliphatic heterocycles. The molecular weight excluding hydrogens is 448 g/mol. The number of aliphatic hydroxyl groups excluding tert-OH is 1. The Morgan fingerprint density at radius 3 is 2.40 bits per heavy atom. The van der Waals surface area contributed by atoms with Crippen LogP contribution in [0.4, 0.5) is 11.4 Å². The molecule has 1 atom stereocenters. The Morgan fingerprint density at radius 1 is 1.11 bits per heavy atom. The number of rotatable bonds is 6. The summed E-state index contributed by atoms with van der Waals surface area (Å²) in [6.45, 7) is 7.07. The molecule has 1 saturated heterocycles. The molecule has 2 N–H and O–H groups in total. The predicted octanol–water partition coefficient (Wildman–Crippen LogP) is 4.96. The summed E-state index contributed by atoms with van der Waals surface area (Å²) >= 11 is 0. The molecule has 0 spiro atoms. The van der Waals surface area contributed by atoms with Crippen molar-refractivity contribution in [2.24, 2.45) is 0 Å². The minimum atomic E-state index is -0.969. The van der Waals surface area contributed by atoms with E-state index in [4.69, 9.17) is 9.15 Å². The van der Waals surface area contributed by atoms with Gasteiger partial charge in [-0.05, 0) is 80.9 Å². The van der Waals surface area contributed by atoms with E-state index >= 15 is 0 Å². The lowest BCUT2D eigenvalue weighted by atomic mass is 9.98. The number of amides is 2. The smallest absolute Gasteiger partial charge is 0.300 e.